The van der Waals surface area contributed by atoms with Crippen LogP contribution in [0.4, 0.5) is 0 Å². The third-order valence-corrected chi connectivity index (χ3v) is 8.64. The molecule has 28 heavy (non-hydrogen) atoms. The molecule has 4 rings (SSSR count). The lowest BCUT2D eigenvalue weighted by Crippen LogP contribution is -2.36. The first-order valence-corrected chi connectivity index (χ1v) is 12.0. The van der Waals surface area contributed by atoms with Gasteiger partial charge in [-0.1, -0.05) is 65.8 Å². The van der Waals surface area contributed by atoms with Crippen LogP contribution in [-0.2, 0) is 14.8 Å². The lowest BCUT2D eigenvalue weighted by atomic mass is 9.86. The monoisotopic (exact) mass is 403 g/mol. The van der Waals surface area contributed by atoms with E-state index in [1.165, 1.54) is 5.56 Å². The summed E-state index contributed by atoms with van der Waals surface area (Å²) >= 11 is 0. The van der Waals surface area contributed by atoms with Crippen LogP contribution in [0.2, 0.25) is 0 Å². The summed E-state index contributed by atoms with van der Waals surface area (Å²) in [7, 11) is -3.58. The third kappa shape index (κ3) is 2.98. The molecule has 3 atom stereocenters. The van der Waals surface area contributed by atoms with Gasteiger partial charge in [0, 0.05) is 19.0 Å². The van der Waals surface area contributed by atoms with Crippen molar-refractivity contribution in [3.05, 3.63) is 41.0 Å². The van der Waals surface area contributed by atoms with Crippen molar-refractivity contribution in [3.8, 4) is 0 Å². The van der Waals surface area contributed by atoms with Crippen LogP contribution in [0.25, 0.3) is 0 Å². The Morgan fingerprint density at radius 2 is 1.64 bits per heavy atom. The zero-order valence-electron chi connectivity index (χ0n) is 17.9. The Hall–Kier alpha value is -1.17. The second-order valence-electron chi connectivity index (χ2n) is 9.69. The molecule has 3 aliphatic rings. The van der Waals surface area contributed by atoms with Crippen molar-refractivity contribution >= 4 is 10.0 Å². The average Bonchev–Trinajstić information content (AvgIpc) is 3.28. The molecule has 3 heterocycles. The largest absolute Gasteiger partial charge is 0.362 e. The Morgan fingerprint density at radius 3 is 2.11 bits per heavy atom. The highest BCUT2D eigenvalue weighted by molar-refractivity contribution is 7.89. The number of ether oxygens (including phenoxy) is 1. The van der Waals surface area contributed by atoms with Gasteiger partial charge in [-0.15, -0.1) is 0 Å². The number of hydrogen-bond donors (Lipinski definition) is 0. The summed E-state index contributed by atoms with van der Waals surface area (Å²) in [5.41, 5.74) is 2.72. The number of rotatable bonds is 5. The molecule has 0 aliphatic carbocycles. The van der Waals surface area contributed by atoms with Gasteiger partial charge in [-0.2, -0.15) is 4.31 Å². The smallest absolute Gasteiger partial charge is 0.243 e. The van der Waals surface area contributed by atoms with E-state index in [-0.39, 0.29) is 23.9 Å². The lowest BCUT2D eigenvalue weighted by Gasteiger charge is -2.27. The molecule has 5 heteroatoms. The van der Waals surface area contributed by atoms with Crippen molar-refractivity contribution in [2.24, 2.45) is 5.92 Å². The maximum atomic E-state index is 13.9. The van der Waals surface area contributed by atoms with Crippen molar-refractivity contribution in [2.75, 3.05) is 13.1 Å². The van der Waals surface area contributed by atoms with Gasteiger partial charge in [0.1, 0.15) is 5.60 Å². The summed E-state index contributed by atoms with van der Waals surface area (Å²) < 4.78 is 35.7. The first-order valence-electron chi connectivity index (χ1n) is 10.6. The van der Waals surface area contributed by atoms with Crippen molar-refractivity contribution in [3.63, 3.8) is 0 Å². The standard InChI is InChI=1S/C23H33NO3S/c1-14(2)17-9-20(15(3)4)22(21(10-17)16(5)6)28(25,26)24-12-18-11-19-7-8-23(18,13-24)27-19/h7-10,14-16,18-19H,11-13H2,1-6H3/t18-,19+,23+/m0/s1. The minimum atomic E-state index is -3.58. The van der Waals surface area contributed by atoms with Gasteiger partial charge in [-0.25, -0.2) is 8.42 Å². The highest BCUT2D eigenvalue weighted by Gasteiger charge is 2.57. The Balaban J connectivity index is 1.82. The van der Waals surface area contributed by atoms with Gasteiger partial charge in [-0.05, 0) is 40.9 Å². The van der Waals surface area contributed by atoms with E-state index in [0.717, 1.165) is 17.5 Å². The topological polar surface area (TPSA) is 46.6 Å². The molecule has 0 unspecified atom stereocenters. The molecule has 0 saturated carbocycles. The quantitative estimate of drug-likeness (QED) is 0.665. The van der Waals surface area contributed by atoms with E-state index in [9.17, 15) is 8.42 Å². The molecule has 2 fully saturated rings. The Labute approximate surface area is 170 Å². The molecular weight excluding hydrogens is 370 g/mol. The fourth-order valence-corrected chi connectivity index (χ4v) is 7.19. The number of nitrogens with zero attached hydrogens (tertiary/aromatic N) is 1. The Morgan fingerprint density at radius 1 is 1.04 bits per heavy atom. The summed E-state index contributed by atoms with van der Waals surface area (Å²) in [4.78, 5) is 0.539. The van der Waals surface area contributed by atoms with Crippen LogP contribution in [0.3, 0.4) is 0 Å². The van der Waals surface area contributed by atoms with Crippen LogP contribution in [0.1, 0.15) is 82.4 Å². The predicted octanol–water partition coefficient (Wildman–Crippen LogP) is 4.77. The molecule has 2 saturated heterocycles. The van der Waals surface area contributed by atoms with Crippen molar-refractivity contribution in [2.45, 2.75) is 82.3 Å². The minimum Gasteiger partial charge on any atom is -0.362 e. The zero-order chi connectivity index (χ0) is 20.4. The van der Waals surface area contributed by atoms with E-state index in [0.29, 0.717) is 23.9 Å². The summed E-state index contributed by atoms with van der Waals surface area (Å²) in [5.74, 6) is 0.935. The predicted molar refractivity (Wildman–Crippen MR) is 112 cm³/mol. The average molecular weight is 404 g/mol. The third-order valence-electron chi connectivity index (χ3n) is 6.70. The first-order chi connectivity index (χ1) is 13.0. The summed E-state index contributed by atoms with van der Waals surface area (Å²) in [5, 5.41) is 0. The maximum absolute atomic E-state index is 13.9. The van der Waals surface area contributed by atoms with E-state index < -0.39 is 15.6 Å². The Kier molecular flexibility index (Phi) is 4.80. The molecule has 0 aromatic heterocycles. The zero-order valence-corrected chi connectivity index (χ0v) is 18.7. The number of benzene rings is 1. The van der Waals surface area contributed by atoms with Gasteiger partial charge in [0.25, 0.3) is 0 Å². The van der Waals surface area contributed by atoms with Crippen LogP contribution >= 0.6 is 0 Å². The highest BCUT2D eigenvalue weighted by atomic mass is 32.2. The molecule has 0 N–H and O–H groups in total. The molecule has 154 valence electrons. The van der Waals surface area contributed by atoms with Crippen LogP contribution in [0, 0.1) is 5.92 Å². The molecule has 1 aromatic carbocycles. The summed E-state index contributed by atoms with van der Waals surface area (Å²) in [6.07, 6.45) is 5.32. The Bertz CT molecular complexity index is 887. The number of hydrogen-bond acceptors (Lipinski definition) is 3. The molecule has 1 spiro atoms. The molecule has 0 radical (unpaired) electrons. The van der Waals surface area contributed by atoms with Gasteiger partial charge >= 0.3 is 0 Å². The minimum absolute atomic E-state index is 0.147. The van der Waals surface area contributed by atoms with Crippen LogP contribution < -0.4 is 0 Å². The van der Waals surface area contributed by atoms with E-state index in [1.807, 2.05) is 0 Å². The second-order valence-corrected chi connectivity index (χ2v) is 11.6. The lowest BCUT2D eigenvalue weighted by molar-refractivity contribution is 0.0291. The van der Waals surface area contributed by atoms with E-state index in [1.54, 1.807) is 4.31 Å². The normalized spacial score (nSPS) is 29.6. The fourth-order valence-electron chi connectivity index (χ4n) is 5.00. The molecule has 3 aliphatic heterocycles. The van der Waals surface area contributed by atoms with Gasteiger partial charge in [0.05, 0.1) is 11.0 Å². The first kappa shape index (κ1) is 20.1. The van der Waals surface area contributed by atoms with Crippen molar-refractivity contribution < 1.29 is 13.2 Å². The summed E-state index contributed by atoms with van der Waals surface area (Å²) in [6.45, 7) is 13.7. The molecular formula is C23H33NO3S. The number of fused-ring (bicyclic) bond motifs is 1. The van der Waals surface area contributed by atoms with Crippen molar-refractivity contribution in [1.29, 1.82) is 0 Å². The van der Waals surface area contributed by atoms with Gasteiger partial charge in [-0.3, -0.25) is 0 Å². The number of sulfonamides is 1. The van der Waals surface area contributed by atoms with E-state index in [4.69, 9.17) is 4.74 Å². The molecule has 2 bridgehead atoms. The van der Waals surface area contributed by atoms with Crippen LogP contribution in [0.15, 0.2) is 29.2 Å². The fraction of sp³-hybridized carbons (Fsp3) is 0.652. The van der Waals surface area contributed by atoms with Crippen LogP contribution in [0.5, 0.6) is 0 Å². The molecule has 4 nitrogen and oxygen atoms in total. The maximum Gasteiger partial charge on any atom is 0.243 e. The molecule has 0 amide bonds. The SMILES string of the molecule is CC(C)c1cc(C(C)C)c(S(=O)(=O)N2C[C@@H]3C[C@H]4C=C[C@]3(C2)O4)c(C(C)C)c1. The summed E-state index contributed by atoms with van der Waals surface area (Å²) in [6, 6.07) is 4.23. The van der Waals surface area contributed by atoms with Gasteiger partial charge < -0.3 is 4.74 Å². The van der Waals surface area contributed by atoms with E-state index in [2.05, 4.69) is 65.8 Å². The van der Waals surface area contributed by atoms with E-state index >= 15 is 0 Å². The second kappa shape index (κ2) is 6.68. The highest BCUT2D eigenvalue weighted by Crippen LogP contribution is 2.49. The molecule has 1 aromatic rings. The van der Waals surface area contributed by atoms with Gasteiger partial charge in [0.2, 0.25) is 10.0 Å². The van der Waals surface area contributed by atoms with Gasteiger partial charge in [0.15, 0.2) is 0 Å². The van der Waals surface area contributed by atoms with Crippen LogP contribution in [-0.4, -0.2) is 37.5 Å². The van der Waals surface area contributed by atoms with Crippen molar-refractivity contribution in [1.82, 2.24) is 4.31 Å².